The van der Waals surface area contributed by atoms with Crippen molar-refractivity contribution in [3.63, 3.8) is 0 Å². The summed E-state index contributed by atoms with van der Waals surface area (Å²) in [5, 5.41) is 86.8. The monoisotopic (exact) mass is 1150 g/mol. The van der Waals surface area contributed by atoms with E-state index in [4.69, 9.17) is 18.9 Å². The van der Waals surface area contributed by atoms with E-state index in [1.165, 1.54) is 205 Å². The topological polar surface area (TPSA) is 228 Å². The van der Waals surface area contributed by atoms with E-state index in [9.17, 15) is 45.6 Å². The Morgan fingerprint density at radius 2 is 0.815 bits per heavy atom. The minimum atomic E-state index is -1.78. The van der Waals surface area contributed by atoms with Crippen molar-refractivity contribution < 1.29 is 64.6 Å². The predicted molar refractivity (Wildman–Crippen MR) is 328 cm³/mol. The Labute approximate surface area is 494 Å². The van der Waals surface area contributed by atoms with E-state index in [1.54, 1.807) is 0 Å². The van der Waals surface area contributed by atoms with Crippen LogP contribution in [0.5, 0.6) is 0 Å². The van der Waals surface area contributed by atoms with E-state index in [0.717, 1.165) is 70.6 Å². The molecule has 2 heterocycles. The Hall–Kier alpha value is -1.53. The van der Waals surface area contributed by atoms with Crippen LogP contribution in [0.3, 0.4) is 0 Å². The lowest BCUT2D eigenvalue weighted by Gasteiger charge is -2.46. The average molecular weight is 1150 g/mol. The molecule has 0 radical (unpaired) electrons. The minimum absolute atomic E-state index is 0.207. The van der Waals surface area contributed by atoms with Gasteiger partial charge in [-0.15, -0.1) is 0 Å². The zero-order chi connectivity index (χ0) is 58.8. The maximum atomic E-state index is 13.2. The largest absolute Gasteiger partial charge is 0.394 e. The van der Waals surface area contributed by atoms with Crippen molar-refractivity contribution in [3.8, 4) is 0 Å². The molecule has 81 heavy (non-hydrogen) atoms. The second-order valence-electron chi connectivity index (χ2n) is 24.3. The number of allylic oxidation sites excluding steroid dienone is 4. The molecule has 0 saturated carbocycles. The van der Waals surface area contributed by atoms with Crippen LogP contribution in [-0.2, 0) is 23.7 Å². The van der Waals surface area contributed by atoms with Crippen LogP contribution in [0.25, 0.3) is 0 Å². The lowest BCUT2D eigenvalue weighted by atomic mass is 9.97. The molecular formula is C67H127NO13. The van der Waals surface area contributed by atoms with E-state index in [-0.39, 0.29) is 12.5 Å². The van der Waals surface area contributed by atoms with Gasteiger partial charge in [0.05, 0.1) is 32.0 Å². The minimum Gasteiger partial charge on any atom is -0.394 e. The number of amides is 1. The Bertz CT molecular complexity index is 1450. The van der Waals surface area contributed by atoms with Gasteiger partial charge in [-0.3, -0.25) is 4.79 Å². The van der Waals surface area contributed by atoms with E-state index in [1.807, 2.05) is 0 Å². The highest BCUT2D eigenvalue weighted by Gasteiger charge is 2.51. The lowest BCUT2D eigenvalue weighted by Crippen LogP contribution is -2.65. The summed E-state index contributed by atoms with van der Waals surface area (Å²) in [6.07, 6.45) is 48.7. The SMILES string of the molecule is CCCCCCC/C=C\C/C=C\CCCCCCCCCCCCCCCCCCCCCCCCCCCCCCCC(=O)NC(COC1OC(CO)C(OC2OC(CO)C(O)C(O)C2O)C(O)C1O)C(O)CCCCCCCC. The van der Waals surface area contributed by atoms with Crippen LogP contribution in [0.1, 0.15) is 303 Å². The van der Waals surface area contributed by atoms with Gasteiger partial charge in [0.15, 0.2) is 12.6 Å². The smallest absolute Gasteiger partial charge is 0.220 e. The first-order valence-electron chi connectivity index (χ1n) is 34.1. The molecule has 12 atom stereocenters. The van der Waals surface area contributed by atoms with Gasteiger partial charge in [0, 0.05) is 6.42 Å². The van der Waals surface area contributed by atoms with Gasteiger partial charge in [-0.2, -0.15) is 0 Å². The summed E-state index contributed by atoms with van der Waals surface area (Å²) >= 11 is 0. The molecule has 14 nitrogen and oxygen atoms in total. The standard InChI is InChI=1S/C67H127NO13/c1-3-5-7-9-11-12-13-14-15-16-17-18-19-20-21-22-23-24-25-26-27-28-29-30-31-32-33-34-35-36-37-38-39-40-41-42-43-44-45-47-49-51-59(72)68-55(56(71)50-48-46-10-8-6-4-2)54-78-66-64(77)62(75)65(58(53-70)80-66)81-67-63(76)61(74)60(73)57(52-69)79-67/h13-14,16-17,55-58,60-67,69-71,73-77H,3-12,15,18-54H2,1-2H3,(H,68,72)/b14-13-,17-16-. The number of ether oxygens (including phenoxy) is 4. The molecule has 0 bridgehead atoms. The first-order chi connectivity index (χ1) is 39.6. The molecule has 0 spiro atoms. The summed E-state index contributed by atoms with van der Waals surface area (Å²) in [5.41, 5.74) is 0. The van der Waals surface area contributed by atoms with Gasteiger partial charge < -0.3 is 65.1 Å². The molecule has 0 aliphatic carbocycles. The quantitative estimate of drug-likeness (QED) is 0.0204. The predicted octanol–water partition coefficient (Wildman–Crippen LogP) is 13.2. The molecule has 2 aliphatic heterocycles. The molecule has 2 fully saturated rings. The second-order valence-corrected chi connectivity index (χ2v) is 24.3. The molecule has 0 aromatic heterocycles. The molecule has 478 valence electrons. The zero-order valence-electron chi connectivity index (χ0n) is 51.8. The summed E-state index contributed by atoms with van der Waals surface area (Å²) < 4.78 is 22.7. The van der Waals surface area contributed by atoms with Gasteiger partial charge in [-0.25, -0.2) is 0 Å². The Morgan fingerprint density at radius 1 is 0.444 bits per heavy atom. The van der Waals surface area contributed by atoms with E-state index in [2.05, 4.69) is 43.5 Å². The Kier molecular flexibility index (Phi) is 49.2. The summed E-state index contributed by atoms with van der Waals surface area (Å²) in [7, 11) is 0. The third-order valence-electron chi connectivity index (χ3n) is 16.9. The molecule has 0 aromatic rings. The second kappa shape index (κ2) is 52.8. The molecule has 2 saturated heterocycles. The van der Waals surface area contributed by atoms with Crippen LogP contribution in [0.15, 0.2) is 24.3 Å². The van der Waals surface area contributed by atoms with E-state index >= 15 is 0 Å². The van der Waals surface area contributed by atoms with Gasteiger partial charge >= 0.3 is 0 Å². The van der Waals surface area contributed by atoms with Crippen molar-refractivity contribution in [1.82, 2.24) is 5.32 Å². The zero-order valence-corrected chi connectivity index (χ0v) is 51.8. The molecule has 9 N–H and O–H groups in total. The molecule has 2 aliphatic rings. The highest BCUT2D eigenvalue weighted by Crippen LogP contribution is 2.30. The summed E-state index contributed by atoms with van der Waals surface area (Å²) in [6, 6.07) is -0.822. The number of hydrogen-bond donors (Lipinski definition) is 9. The summed E-state index contributed by atoms with van der Waals surface area (Å²) in [5.74, 6) is -0.207. The van der Waals surface area contributed by atoms with Crippen LogP contribution >= 0.6 is 0 Å². The average Bonchev–Trinajstić information content (AvgIpc) is 3.55. The molecule has 2 rings (SSSR count). The number of carbonyl (C=O) groups excluding carboxylic acids is 1. The molecule has 12 unspecified atom stereocenters. The lowest BCUT2D eigenvalue weighted by molar-refractivity contribution is -0.359. The van der Waals surface area contributed by atoms with Crippen LogP contribution in [0, 0.1) is 0 Å². The Morgan fingerprint density at radius 3 is 1.23 bits per heavy atom. The highest BCUT2D eigenvalue weighted by atomic mass is 16.7. The van der Waals surface area contributed by atoms with Gasteiger partial charge in [-0.05, 0) is 44.9 Å². The first-order valence-corrected chi connectivity index (χ1v) is 34.1. The number of aliphatic hydroxyl groups is 8. The Balaban J connectivity index is 1.44. The number of carbonyl (C=O) groups is 1. The maximum absolute atomic E-state index is 13.2. The summed E-state index contributed by atoms with van der Waals surface area (Å²) in [6.45, 7) is 2.79. The van der Waals surface area contributed by atoms with Gasteiger partial charge in [0.2, 0.25) is 5.91 Å². The number of aliphatic hydroxyl groups excluding tert-OH is 8. The van der Waals surface area contributed by atoms with Crippen molar-refractivity contribution >= 4 is 5.91 Å². The maximum Gasteiger partial charge on any atom is 0.220 e. The van der Waals surface area contributed by atoms with Crippen LogP contribution < -0.4 is 5.32 Å². The normalized spacial score (nSPS) is 24.2. The van der Waals surface area contributed by atoms with E-state index < -0.39 is 86.8 Å². The van der Waals surface area contributed by atoms with Gasteiger partial charge in [-0.1, -0.05) is 276 Å². The summed E-state index contributed by atoms with van der Waals surface area (Å²) in [4.78, 5) is 13.2. The molecular weight excluding hydrogens is 1030 g/mol. The van der Waals surface area contributed by atoms with Crippen molar-refractivity contribution in [2.45, 2.75) is 376 Å². The molecule has 14 heteroatoms. The van der Waals surface area contributed by atoms with Crippen LogP contribution in [0.4, 0.5) is 0 Å². The van der Waals surface area contributed by atoms with Crippen molar-refractivity contribution in [2.24, 2.45) is 0 Å². The molecule has 0 aromatic carbocycles. The fraction of sp³-hybridized carbons (Fsp3) is 0.925. The van der Waals surface area contributed by atoms with Crippen molar-refractivity contribution in [2.75, 3.05) is 19.8 Å². The third kappa shape index (κ3) is 37.6. The van der Waals surface area contributed by atoms with E-state index in [0.29, 0.717) is 12.8 Å². The number of rotatable bonds is 56. The van der Waals surface area contributed by atoms with Crippen LogP contribution in [0.2, 0.25) is 0 Å². The van der Waals surface area contributed by atoms with Gasteiger partial charge in [0.25, 0.3) is 0 Å². The highest BCUT2D eigenvalue weighted by molar-refractivity contribution is 5.76. The van der Waals surface area contributed by atoms with Crippen LogP contribution in [-0.4, -0.2) is 140 Å². The fourth-order valence-corrected chi connectivity index (χ4v) is 11.4. The van der Waals surface area contributed by atoms with Crippen molar-refractivity contribution in [3.05, 3.63) is 24.3 Å². The third-order valence-corrected chi connectivity index (χ3v) is 16.9. The molecule has 1 amide bonds. The number of unbranched alkanes of at least 4 members (excludes halogenated alkanes) is 39. The number of nitrogens with one attached hydrogen (secondary N) is 1. The number of hydrogen-bond acceptors (Lipinski definition) is 13. The first kappa shape index (κ1) is 75.6. The fourth-order valence-electron chi connectivity index (χ4n) is 11.4. The van der Waals surface area contributed by atoms with Crippen molar-refractivity contribution in [1.29, 1.82) is 0 Å². The van der Waals surface area contributed by atoms with Gasteiger partial charge in [0.1, 0.15) is 48.8 Å².